The Balaban J connectivity index is 1.90. The van der Waals surface area contributed by atoms with E-state index in [2.05, 4.69) is 10.3 Å². The van der Waals surface area contributed by atoms with Crippen molar-refractivity contribution in [2.24, 2.45) is 0 Å². The summed E-state index contributed by atoms with van der Waals surface area (Å²) < 4.78 is 19.0. The summed E-state index contributed by atoms with van der Waals surface area (Å²) in [4.78, 5) is 16.3. The zero-order valence-electron chi connectivity index (χ0n) is 13.4. The van der Waals surface area contributed by atoms with Crippen molar-refractivity contribution in [1.29, 1.82) is 0 Å². The van der Waals surface area contributed by atoms with Gasteiger partial charge in [-0.3, -0.25) is 9.78 Å². The first-order valence-electron chi connectivity index (χ1n) is 7.70. The van der Waals surface area contributed by atoms with Gasteiger partial charge in [0.1, 0.15) is 11.6 Å². The first kappa shape index (κ1) is 16.9. The largest absolute Gasteiger partial charge is 0.489 e. The lowest BCUT2D eigenvalue weighted by atomic mass is 10.1. The Bertz CT molecular complexity index is 645. The number of carbonyl (C=O) groups excluding carboxylic acids is 1. The van der Waals surface area contributed by atoms with E-state index in [1.54, 1.807) is 6.20 Å². The lowest BCUT2D eigenvalue weighted by Crippen LogP contribution is -2.14. The summed E-state index contributed by atoms with van der Waals surface area (Å²) in [6, 6.07) is 9.82. The van der Waals surface area contributed by atoms with Crippen LogP contribution in [-0.4, -0.2) is 17.0 Å². The van der Waals surface area contributed by atoms with Crippen molar-refractivity contribution in [1.82, 2.24) is 4.98 Å². The Hall–Kier alpha value is -2.43. The molecule has 0 fully saturated rings. The molecular formula is C18H21FN2O2. The van der Waals surface area contributed by atoms with Crippen LogP contribution in [0.4, 0.5) is 10.1 Å². The van der Waals surface area contributed by atoms with Gasteiger partial charge in [-0.15, -0.1) is 0 Å². The average molecular weight is 316 g/mol. The van der Waals surface area contributed by atoms with E-state index in [0.717, 1.165) is 12.1 Å². The maximum atomic E-state index is 13.4. The molecule has 0 saturated heterocycles. The molecule has 23 heavy (non-hydrogen) atoms. The van der Waals surface area contributed by atoms with E-state index in [1.165, 1.54) is 18.2 Å². The van der Waals surface area contributed by atoms with Gasteiger partial charge >= 0.3 is 0 Å². The second-order valence-electron chi connectivity index (χ2n) is 5.53. The molecule has 2 rings (SSSR count). The molecule has 0 saturated carbocycles. The number of pyridine rings is 1. The summed E-state index contributed by atoms with van der Waals surface area (Å²) in [6.07, 6.45) is 3.43. The van der Waals surface area contributed by atoms with Crippen LogP contribution >= 0.6 is 0 Å². The number of benzene rings is 1. The van der Waals surface area contributed by atoms with Gasteiger partial charge in [-0.1, -0.05) is 6.07 Å². The van der Waals surface area contributed by atoms with Crippen molar-refractivity contribution in [2.75, 3.05) is 5.32 Å². The van der Waals surface area contributed by atoms with Crippen LogP contribution in [0.1, 0.15) is 32.4 Å². The fourth-order valence-corrected chi connectivity index (χ4v) is 2.15. The lowest BCUT2D eigenvalue weighted by Gasteiger charge is -2.15. The Kier molecular flexibility index (Phi) is 6.09. The minimum absolute atomic E-state index is 0.0553. The molecule has 0 radical (unpaired) electrons. The van der Waals surface area contributed by atoms with E-state index < -0.39 is 5.82 Å². The van der Waals surface area contributed by atoms with Crippen LogP contribution in [0.2, 0.25) is 0 Å². The molecular weight excluding hydrogens is 295 g/mol. The van der Waals surface area contributed by atoms with Crippen LogP contribution in [0.15, 0.2) is 42.6 Å². The van der Waals surface area contributed by atoms with E-state index in [-0.39, 0.29) is 12.0 Å². The van der Waals surface area contributed by atoms with Gasteiger partial charge < -0.3 is 10.1 Å². The van der Waals surface area contributed by atoms with E-state index in [4.69, 9.17) is 4.74 Å². The fourth-order valence-electron chi connectivity index (χ4n) is 2.15. The van der Waals surface area contributed by atoms with Crippen molar-refractivity contribution in [3.8, 4) is 5.75 Å². The van der Waals surface area contributed by atoms with Gasteiger partial charge in [0.25, 0.3) is 0 Å². The minimum Gasteiger partial charge on any atom is -0.489 e. The molecule has 1 amide bonds. The van der Waals surface area contributed by atoms with Crippen molar-refractivity contribution in [3.63, 3.8) is 0 Å². The van der Waals surface area contributed by atoms with E-state index in [0.29, 0.717) is 24.3 Å². The number of aryl methyl sites for hydroxylation is 1. The number of hydrogen-bond donors (Lipinski definition) is 1. The fraction of sp³-hybridized carbons (Fsp3) is 0.333. The minimum atomic E-state index is -0.412. The van der Waals surface area contributed by atoms with Gasteiger partial charge in [0.15, 0.2) is 0 Å². The number of halogens is 1. The van der Waals surface area contributed by atoms with Crippen molar-refractivity contribution < 1.29 is 13.9 Å². The molecule has 1 aromatic carbocycles. The Morgan fingerprint density at radius 2 is 2.13 bits per heavy atom. The number of anilines is 1. The molecule has 0 aliphatic carbocycles. The number of amides is 1. The molecule has 1 aromatic heterocycles. The van der Waals surface area contributed by atoms with E-state index in [9.17, 15) is 9.18 Å². The Morgan fingerprint density at radius 1 is 1.30 bits per heavy atom. The monoisotopic (exact) mass is 316 g/mol. The average Bonchev–Trinajstić information content (AvgIpc) is 2.51. The lowest BCUT2D eigenvalue weighted by molar-refractivity contribution is -0.116. The molecule has 0 spiro atoms. The first-order valence-corrected chi connectivity index (χ1v) is 7.70. The summed E-state index contributed by atoms with van der Waals surface area (Å²) in [5.41, 5.74) is 1.32. The first-order chi connectivity index (χ1) is 11.0. The molecule has 0 atom stereocenters. The van der Waals surface area contributed by atoms with Gasteiger partial charge in [-0.2, -0.15) is 0 Å². The predicted octanol–water partition coefficient (Wildman–Crippen LogP) is 3.97. The second kappa shape index (κ2) is 8.27. The quantitative estimate of drug-likeness (QED) is 0.841. The molecule has 1 N–H and O–H groups in total. The van der Waals surface area contributed by atoms with Crippen molar-refractivity contribution >= 4 is 11.6 Å². The van der Waals surface area contributed by atoms with Gasteiger partial charge in [-0.05, 0) is 51.0 Å². The number of aromatic nitrogens is 1. The van der Waals surface area contributed by atoms with E-state index in [1.807, 2.05) is 32.0 Å². The van der Waals surface area contributed by atoms with E-state index >= 15 is 0 Å². The van der Waals surface area contributed by atoms with Gasteiger partial charge in [0, 0.05) is 24.4 Å². The molecule has 2 aromatic rings. The third-order valence-electron chi connectivity index (χ3n) is 3.14. The summed E-state index contributed by atoms with van der Waals surface area (Å²) >= 11 is 0. The maximum Gasteiger partial charge on any atom is 0.224 e. The molecule has 1 heterocycles. The highest BCUT2D eigenvalue weighted by Crippen LogP contribution is 2.26. The van der Waals surface area contributed by atoms with Crippen molar-refractivity contribution in [2.45, 2.75) is 39.2 Å². The smallest absolute Gasteiger partial charge is 0.224 e. The topological polar surface area (TPSA) is 51.2 Å². The molecule has 4 nitrogen and oxygen atoms in total. The summed E-state index contributed by atoms with van der Waals surface area (Å²) in [5, 5.41) is 2.72. The van der Waals surface area contributed by atoms with Crippen molar-refractivity contribution in [3.05, 3.63) is 54.1 Å². The number of ether oxygens (including phenoxy) is 1. The number of hydrogen-bond acceptors (Lipinski definition) is 3. The second-order valence-corrected chi connectivity index (χ2v) is 5.53. The summed E-state index contributed by atoms with van der Waals surface area (Å²) in [7, 11) is 0. The highest BCUT2D eigenvalue weighted by molar-refractivity contribution is 5.92. The van der Waals surface area contributed by atoms with Gasteiger partial charge in [0.2, 0.25) is 5.91 Å². The third kappa shape index (κ3) is 5.70. The number of nitrogens with zero attached hydrogens (tertiary/aromatic N) is 1. The highest BCUT2D eigenvalue weighted by atomic mass is 19.1. The van der Waals surface area contributed by atoms with Crippen LogP contribution in [0, 0.1) is 5.82 Å². The number of nitrogens with one attached hydrogen (secondary N) is 1. The molecule has 0 bridgehead atoms. The third-order valence-corrected chi connectivity index (χ3v) is 3.14. The molecule has 122 valence electrons. The number of carbonyl (C=O) groups is 1. The highest BCUT2D eigenvalue weighted by Gasteiger charge is 2.11. The zero-order valence-corrected chi connectivity index (χ0v) is 13.4. The zero-order chi connectivity index (χ0) is 16.7. The van der Waals surface area contributed by atoms with Crippen LogP contribution in [0.3, 0.4) is 0 Å². The van der Waals surface area contributed by atoms with Crippen LogP contribution in [0.25, 0.3) is 0 Å². The summed E-state index contributed by atoms with van der Waals surface area (Å²) in [5.74, 6) is -0.107. The maximum absolute atomic E-state index is 13.4. The summed E-state index contributed by atoms with van der Waals surface area (Å²) in [6.45, 7) is 3.75. The van der Waals surface area contributed by atoms with Gasteiger partial charge in [0.05, 0.1) is 11.8 Å². The Morgan fingerprint density at radius 3 is 2.83 bits per heavy atom. The van der Waals surface area contributed by atoms with Crippen LogP contribution < -0.4 is 10.1 Å². The van der Waals surface area contributed by atoms with Crippen LogP contribution in [-0.2, 0) is 11.2 Å². The standard InChI is InChI=1S/C18H21FN2O2/c1-13(2)23-17-10-9-14(19)12-16(17)21-18(22)8-5-7-15-6-3-4-11-20-15/h3-4,6,9-13H,5,7-8H2,1-2H3,(H,21,22). The molecule has 5 heteroatoms. The van der Waals surface area contributed by atoms with Gasteiger partial charge in [-0.25, -0.2) is 4.39 Å². The normalized spacial score (nSPS) is 10.6. The van der Waals surface area contributed by atoms with Crippen LogP contribution in [0.5, 0.6) is 5.75 Å². The molecule has 0 aliphatic rings. The molecule has 0 unspecified atom stereocenters. The molecule has 0 aliphatic heterocycles. The Labute approximate surface area is 135 Å². The predicted molar refractivity (Wildman–Crippen MR) is 88.0 cm³/mol. The number of rotatable bonds is 7. The SMILES string of the molecule is CC(C)Oc1ccc(F)cc1NC(=O)CCCc1ccccn1.